The number of carbonyl (C=O) groups is 1. The number of hydrogen-bond donors (Lipinski definition) is 1. The number of piperidine rings is 1. The predicted molar refractivity (Wildman–Crippen MR) is 119 cm³/mol. The molecule has 3 atom stereocenters. The zero-order chi connectivity index (χ0) is 24.2. The van der Waals surface area contributed by atoms with Crippen LogP contribution < -0.4 is 0 Å². The number of benzene rings is 2. The summed E-state index contributed by atoms with van der Waals surface area (Å²) in [4.78, 5) is 13.6. The van der Waals surface area contributed by atoms with Crippen LogP contribution in [0, 0.1) is 11.7 Å². The Hall–Kier alpha value is -2.67. The van der Waals surface area contributed by atoms with Crippen LogP contribution in [0.25, 0.3) is 0 Å². The number of aliphatic carboxylic acids is 1. The molecule has 0 saturated carbocycles. The van der Waals surface area contributed by atoms with Crippen molar-refractivity contribution in [2.24, 2.45) is 5.92 Å². The van der Waals surface area contributed by atoms with Crippen LogP contribution in [0.3, 0.4) is 0 Å². The van der Waals surface area contributed by atoms with E-state index in [1.165, 1.54) is 24.3 Å². The maximum absolute atomic E-state index is 13.6. The third kappa shape index (κ3) is 6.67. The maximum atomic E-state index is 13.6. The first-order valence-electron chi connectivity index (χ1n) is 11.1. The van der Waals surface area contributed by atoms with E-state index < -0.39 is 17.7 Å². The second-order valence-corrected chi connectivity index (χ2v) is 8.92. The highest BCUT2D eigenvalue weighted by atomic mass is 19.4. The Morgan fingerprint density at radius 3 is 2.33 bits per heavy atom. The number of carboxylic acids is 1. The highest BCUT2D eigenvalue weighted by Gasteiger charge is 2.36. The molecule has 0 spiro atoms. The topological polar surface area (TPSA) is 40.5 Å². The van der Waals surface area contributed by atoms with Crippen molar-refractivity contribution in [2.75, 3.05) is 6.54 Å². The predicted octanol–water partition coefficient (Wildman–Crippen LogP) is 7.17. The molecule has 1 N–H and O–H groups in total. The van der Waals surface area contributed by atoms with E-state index in [-0.39, 0.29) is 30.2 Å². The van der Waals surface area contributed by atoms with Crippen molar-refractivity contribution in [2.45, 2.75) is 57.3 Å². The first-order chi connectivity index (χ1) is 15.5. The molecule has 3 nitrogen and oxygen atoms in total. The van der Waals surface area contributed by atoms with Gasteiger partial charge in [0.15, 0.2) is 0 Å². The number of likely N-dealkylation sites (tertiary alicyclic amines) is 1. The van der Waals surface area contributed by atoms with Crippen LogP contribution in [0.2, 0.25) is 0 Å². The van der Waals surface area contributed by atoms with Gasteiger partial charge in [0.2, 0.25) is 0 Å². The minimum Gasteiger partial charge on any atom is -0.481 e. The molecule has 0 radical (unpaired) electrons. The van der Waals surface area contributed by atoms with E-state index in [0.717, 1.165) is 41.7 Å². The average Bonchev–Trinajstić information content (AvgIpc) is 2.74. The van der Waals surface area contributed by atoms with Crippen LogP contribution >= 0.6 is 0 Å². The zero-order valence-electron chi connectivity index (χ0n) is 18.6. The molecule has 1 heterocycles. The minimum atomic E-state index is -4.42. The van der Waals surface area contributed by atoms with Crippen molar-refractivity contribution in [1.82, 2.24) is 4.90 Å². The smallest absolute Gasteiger partial charge is 0.416 e. The van der Waals surface area contributed by atoms with Gasteiger partial charge in [0.05, 0.1) is 5.56 Å². The molecule has 3 rings (SSSR count). The fourth-order valence-electron chi connectivity index (χ4n) is 4.68. The standard InChI is InChI=1S/C26H29F4NO2/c1-17(2)3-12-23(19-6-10-22(27)11-7-19)31-14-13-18(16-25(32)33)15-24(31)20-4-8-21(9-5-20)26(28,29)30/h4-11,18,23-24H,1,3,12-16H2,2H3,(H,32,33). The molecule has 2 aromatic carbocycles. The maximum Gasteiger partial charge on any atom is 0.416 e. The Morgan fingerprint density at radius 2 is 1.79 bits per heavy atom. The van der Waals surface area contributed by atoms with Crippen molar-refractivity contribution in [1.29, 1.82) is 0 Å². The Bertz CT molecular complexity index is 954. The summed E-state index contributed by atoms with van der Waals surface area (Å²) in [7, 11) is 0. The molecule has 1 fully saturated rings. The van der Waals surface area contributed by atoms with E-state index >= 15 is 0 Å². The van der Waals surface area contributed by atoms with E-state index in [2.05, 4.69) is 11.5 Å². The van der Waals surface area contributed by atoms with Crippen LogP contribution in [0.15, 0.2) is 60.7 Å². The minimum absolute atomic E-state index is 0.0257. The molecule has 1 aliphatic rings. The molecule has 178 valence electrons. The van der Waals surface area contributed by atoms with E-state index in [1.54, 1.807) is 12.1 Å². The molecule has 3 unspecified atom stereocenters. The molecule has 0 bridgehead atoms. The second-order valence-electron chi connectivity index (χ2n) is 8.92. The third-order valence-corrected chi connectivity index (χ3v) is 6.34. The number of alkyl halides is 3. The van der Waals surface area contributed by atoms with Crippen molar-refractivity contribution in [3.8, 4) is 0 Å². The SMILES string of the molecule is C=C(C)CCC(c1ccc(F)cc1)N1CCC(CC(=O)O)CC1c1ccc(C(F)(F)F)cc1. The molecule has 2 aromatic rings. The zero-order valence-corrected chi connectivity index (χ0v) is 18.6. The van der Waals surface area contributed by atoms with Gasteiger partial charge in [0.25, 0.3) is 0 Å². The highest BCUT2D eigenvalue weighted by molar-refractivity contribution is 5.67. The van der Waals surface area contributed by atoms with Gasteiger partial charge in [-0.25, -0.2) is 4.39 Å². The number of carboxylic acid groups (broad SMARTS) is 1. The summed E-state index contributed by atoms with van der Waals surface area (Å²) >= 11 is 0. The number of nitrogens with zero attached hydrogens (tertiary/aromatic N) is 1. The summed E-state index contributed by atoms with van der Waals surface area (Å²) in [5.41, 5.74) is 1.94. The van der Waals surface area contributed by atoms with Gasteiger partial charge >= 0.3 is 12.1 Å². The van der Waals surface area contributed by atoms with Gasteiger partial charge in [0.1, 0.15) is 5.82 Å². The molecule has 33 heavy (non-hydrogen) atoms. The van der Waals surface area contributed by atoms with Crippen molar-refractivity contribution in [3.63, 3.8) is 0 Å². The molecule has 0 aliphatic carbocycles. The first-order valence-corrected chi connectivity index (χ1v) is 11.1. The monoisotopic (exact) mass is 463 g/mol. The average molecular weight is 464 g/mol. The van der Waals surface area contributed by atoms with Crippen LogP contribution in [0.4, 0.5) is 17.6 Å². The number of allylic oxidation sites excluding steroid dienone is 1. The summed E-state index contributed by atoms with van der Waals surface area (Å²) in [5, 5.41) is 9.29. The lowest BCUT2D eigenvalue weighted by atomic mass is 9.82. The number of rotatable bonds is 8. The summed E-state index contributed by atoms with van der Waals surface area (Å²) in [6.45, 7) is 6.52. The molecule has 0 aromatic heterocycles. The summed E-state index contributed by atoms with van der Waals surface area (Å²) in [6.07, 6.45) is -1.72. The van der Waals surface area contributed by atoms with Gasteiger partial charge in [-0.05, 0) is 80.5 Å². The Labute approximate surface area is 191 Å². The molecule has 1 aliphatic heterocycles. The molecular weight excluding hydrogens is 434 g/mol. The third-order valence-electron chi connectivity index (χ3n) is 6.34. The number of halogens is 4. The van der Waals surface area contributed by atoms with E-state index in [1.807, 2.05) is 6.92 Å². The van der Waals surface area contributed by atoms with E-state index in [0.29, 0.717) is 19.4 Å². The Balaban J connectivity index is 1.97. The lowest BCUT2D eigenvalue weighted by Gasteiger charge is -2.44. The van der Waals surface area contributed by atoms with Crippen molar-refractivity contribution >= 4 is 5.97 Å². The van der Waals surface area contributed by atoms with E-state index in [4.69, 9.17) is 0 Å². The Kier molecular flexibility index (Phi) is 7.95. The second kappa shape index (κ2) is 10.5. The summed E-state index contributed by atoms with van der Waals surface area (Å²) < 4.78 is 52.8. The normalized spacial score (nSPS) is 20.4. The van der Waals surface area contributed by atoms with Gasteiger partial charge < -0.3 is 5.11 Å². The fourth-order valence-corrected chi connectivity index (χ4v) is 4.68. The highest BCUT2D eigenvalue weighted by Crippen LogP contribution is 2.43. The fraction of sp³-hybridized carbons (Fsp3) is 0.423. The quantitative estimate of drug-likeness (QED) is 0.333. The lowest BCUT2D eigenvalue weighted by Crippen LogP contribution is -2.40. The first kappa shape index (κ1) is 25.0. The van der Waals surface area contributed by atoms with Crippen LogP contribution in [0.1, 0.15) is 67.8 Å². The molecule has 7 heteroatoms. The van der Waals surface area contributed by atoms with Crippen LogP contribution in [-0.2, 0) is 11.0 Å². The van der Waals surface area contributed by atoms with Gasteiger partial charge in [-0.1, -0.05) is 29.8 Å². The lowest BCUT2D eigenvalue weighted by molar-refractivity contribution is -0.139. The van der Waals surface area contributed by atoms with Crippen LogP contribution in [-0.4, -0.2) is 22.5 Å². The summed E-state index contributed by atoms with van der Waals surface area (Å²) in [5.74, 6) is -1.28. The molecule has 1 saturated heterocycles. The number of hydrogen-bond acceptors (Lipinski definition) is 2. The van der Waals surface area contributed by atoms with Crippen molar-refractivity contribution < 1.29 is 27.5 Å². The molecular formula is C26H29F4NO2. The largest absolute Gasteiger partial charge is 0.481 e. The van der Waals surface area contributed by atoms with Gasteiger partial charge in [-0.2, -0.15) is 13.2 Å². The van der Waals surface area contributed by atoms with Crippen molar-refractivity contribution in [3.05, 3.63) is 83.2 Å². The van der Waals surface area contributed by atoms with Crippen LogP contribution in [0.5, 0.6) is 0 Å². The van der Waals surface area contributed by atoms with E-state index in [9.17, 15) is 27.5 Å². The van der Waals surface area contributed by atoms with Gasteiger partial charge in [-0.3, -0.25) is 9.69 Å². The summed E-state index contributed by atoms with van der Waals surface area (Å²) in [6, 6.07) is 11.1. The van der Waals surface area contributed by atoms with Gasteiger partial charge in [-0.15, -0.1) is 6.58 Å². The Morgan fingerprint density at radius 1 is 1.15 bits per heavy atom. The van der Waals surface area contributed by atoms with Gasteiger partial charge in [0, 0.05) is 18.5 Å². The molecule has 0 amide bonds.